The van der Waals surface area contributed by atoms with Crippen LogP contribution < -0.4 is 4.74 Å². The van der Waals surface area contributed by atoms with Crippen LogP contribution in [0, 0.1) is 6.92 Å². The van der Waals surface area contributed by atoms with Gasteiger partial charge in [0.15, 0.2) is 5.78 Å². The molecule has 31 heavy (non-hydrogen) atoms. The standard InChI is InChI=1S/C26H30N2O3/c1-19-5-7-20(8-6-19)15-22-17-28(25(29)13-14-27(2)3)18-23(26(22)30)16-21-9-11-24(31-4)12-10-21/h5-12,15-16H,13-14,17-18H2,1-4H3/b22-15+,23-16+. The van der Waals surface area contributed by atoms with Crippen molar-refractivity contribution in [2.75, 3.05) is 40.8 Å². The Hall–Kier alpha value is -3.18. The average molecular weight is 419 g/mol. The Bertz CT molecular complexity index is 986. The fourth-order valence-electron chi connectivity index (χ4n) is 3.46. The van der Waals surface area contributed by atoms with E-state index in [0.717, 1.165) is 22.4 Å². The number of amides is 1. The lowest BCUT2D eigenvalue weighted by atomic mass is 9.94. The SMILES string of the molecule is COc1ccc(/C=C2\CN(C(=O)CCN(C)C)C/C(=C\c3ccc(C)cc3)C2=O)cc1. The number of hydrogen-bond donors (Lipinski definition) is 0. The normalized spacial score (nSPS) is 16.9. The van der Waals surface area contributed by atoms with Crippen molar-refractivity contribution in [1.29, 1.82) is 0 Å². The van der Waals surface area contributed by atoms with Crippen LogP contribution in [0.1, 0.15) is 23.1 Å². The molecule has 5 heteroatoms. The summed E-state index contributed by atoms with van der Waals surface area (Å²) in [6.07, 6.45) is 4.19. The molecule has 1 amide bonds. The number of piperidine rings is 1. The molecule has 0 atom stereocenters. The Labute approximate surface area is 184 Å². The van der Waals surface area contributed by atoms with Crippen LogP contribution in [0.2, 0.25) is 0 Å². The molecule has 1 heterocycles. The van der Waals surface area contributed by atoms with E-state index < -0.39 is 0 Å². The maximum atomic E-state index is 13.3. The lowest BCUT2D eigenvalue weighted by molar-refractivity contribution is -0.131. The predicted octanol–water partition coefficient (Wildman–Crippen LogP) is 3.83. The number of carbonyl (C=O) groups is 2. The van der Waals surface area contributed by atoms with Crippen LogP contribution in [-0.2, 0) is 9.59 Å². The number of ether oxygens (including phenoxy) is 1. The second-order valence-electron chi connectivity index (χ2n) is 8.16. The van der Waals surface area contributed by atoms with E-state index in [2.05, 4.69) is 0 Å². The lowest BCUT2D eigenvalue weighted by Crippen LogP contribution is -2.42. The molecule has 0 aliphatic carbocycles. The Balaban J connectivity index is 1.92. The molecular weight excluding hydrogens is 388 g/mol. The van der Waals surface area contributed by atoms with Crippen molar-refractivity contribution in [3.8, 4) is 5.75 Å². The van der Waals surface area contributed by atoms with Crippen LogP contribution in [-0.4, -0.2) is 62.3 Å². The quantitative estimate of drug-likeness (QED) is 0.669. The van der Waals surface area contributed by atoms with Crippen molar-refractivity contribution in [1.82, 2.24) is 9.80 Å². The molecular formula is C26H30N2O3. The smallest absolute Gasteiger partial charge is 0.224 e. The first-order chi connectivity index (χ1) is 14.9. The molecule has 1 fully saturated rings. The minimum atomic E-state index is -0.00643. The zero-order valence-electron chi connectivity index (χ0n) is 18.7. The van der Waals surface area contributed by atoms with Gasteiger partial charge in [0.25, 0.3) is 0 Å². The van der Waals surface area contributed by atoms with Gasteiger partial charge in [-0.1, -0.05) is 42.0 Å². The van der Waals surface area contributed by atoms with Gasteiger partial charge in [-0.3, -0.25) is 9.59 Å². The number of hydrogen-bond acceptors (Lipinski definition) is 4. The van der Waals surface area contributed by atoms with Gasteiger partial charge in [-0.15, -0.1) is 0 Å². The van der Waals surface area contributed by atoms with E-state index in [0.29, 0.717) is 37.2 Å². The van der Waals surface area contributed by atoms with Gasteiger partial charge in [0.2, 0.25) is 5.91 Å². The van der Waals surface area contributed by atoms with E-state index in [1.54, 1.807) is 12.0 Å². The highest BCUT2D eigenvalue weighted by Crippen LogP contribution is 2.23. The van der Waals surface area contributed by atoms with E-state index in [-0.39, 0.29) is 11.7 Å². The molecule has 0 unspecified atom stereocenters. The fourth-order valence-corrected chi connectivity index (χ4v) is 3.46. The van der Waals surface area contributed by atoms with E-state index in [9.17, 15) is 9.59 Å². The highest BCUT2D eigenvalue weighted by molar-refractivity contribution is 6.15. The number of likely N-dealkylation sites (tertiary alicyclic amines) is 1. The monoisotopic (exact) mass is 418 g/mol. The highest BCUT2D eigenvalue weighted by Gasteiger charge is 2.28. The first-order valence-electron chi connectivity index (χ1n) is 10.4. The van der Waals surface area contributed by atoms with Crippen LogP contribution in [0.25, 0.3) is 12.2 Å². The average Bonchev–Trinajstić information content (AvgIpc) is 2.76. The number of rotatable bonds is 6. The van der Waals surface area contributed by atoms with E-state index >= 15 is 0 Å². The van der Waals surface area contributed by atoms with Gasteiger partial charge in [-0.05, 0) is 56.4 Å². The summed E-state index contributed by atoms with van der Waals surface area (Å²) in [7, 11) is 5.52. The van der Waals surface area contributed by atoms with Crippen molar-refractivity contribution in [3.63, 3.8) is 0 Å². The molecule has 3 rings (SSSR count). The van der Waals surface area contributed by atoms with Crippen LogP contribution in [0.3, 0.4) is 0 Å². The van der Waals surface area contributed by atoms with Crippen molar-refractivity contribution < 1.29 is 14.3 Å². The molecule has 0 spiro atoms. The third kappa shape index (κ3) is 6.15. The van der Waals surface area contributed by atoms with Crippen LogP contribution >= 0.6 is 0 Å². The molecule has 0 radical (unpaired) electrons. The molecule has 0 aromatic heterocycles. The minimum Gasteiger partial charge on any atom is -0.497 e. The van der Waals surface area contributed by atoms with Crippen molar-refractivity contribution in [2.24, 2.45) is 0 Å². The summed E-state index contributed by atoms with van der Waals surface area (Å²) in [5, 5.41) is 0. The molecule has 1 aliphatic heterocycles. The van der Waals surface area contributed by atoms with Crippen molar-refractivity contribution >= 4 is 23.8 Å². The van der Waals surface area contributed by atoms with Crippen molar-refractivity contribution in [2.45, 2.75) is 13.3 Å². The van der Waals surface area contributed by atoms with E-state index in [1.165, 1.54) is 0 Å². The first-order valence-corrected chi connectivity index (χ1v) is 10.4. The van der Waals surface area contributed by atoms with Gasteiger partial charge in [0.05, 0.1) is 7.11 Å². The number of Topliss-reactive ketones (excluding diaryl/α,β-unsaturated/α-hetero) is 1. The van der Waals surface area contributed by atoms with Gasteiger partial charge in [0, 0.05) is 37.2 Å². The Morgan fingerprint density at radius 2 is 1.48 bits per heavy atom. The molecule has 162 valence electrons. The third-order valence-electron chi connectivity index (χ3n) is 5.31. The van der Waals surface area contributed by atoms with Gasteiger partial charge in [0.1, 0.15) is 5.75 Å². The second kappa shape index (κ2) is 10.2. The maximum Gasteiger partial charge on any atom is 0.224 e. The zero-order chi connectivity index (χ0) is 22.4. The topological polar surface area (TPSA) is 49.9 Å². The van der Waals surface area contributed by atoms with Crippen LogP contribution in [0.5, 0.6) is 5.75 Å². The molecule has 2 aromatic rings. The largest absolute Gasteiger partial charge is 0.497 e. The number of nitrogens with zero attached hydrogens (tertiary/aromatic N) is 2. The molecule has 1 saturated heterocycles. The zero-order valence-corrected chi connectivity index (χ0v) is 18.7. The highest BCUT2D eigenvalue weighted by atomic mass is 16.5. The predicted molar refractivity (Wildman–Crippen MR) is 125 cm³/mol. The number of ketones is 1. The van der Waals surface area contributed by atoms with E-state index in [4.69, 9.17) is 4.74 Å². The lowest BCUT2D eigenvalue weighted by Gasteiger charge is -2.30. The summed E-state index contributed by atoms with van der Waals surface area (Å²) in [5.41, 5.74) is 4.28. The molecule has 0 N–H and O–H groups in total. The van der Waals surface area contributed by atoms with Gasteiger partial charge in [-0.25, -0.2) is 0 Å². The summed E-state index contributed by atoms with van der Waals surface area (Å²) in [5.74, 6) is 0.808. The Morgan fingerprint density at radius 3 is 1.97 bits per heavy atom. The molecule has 0 saturated carbocycles. The number of methoxy groups -OCH3 is 1. The summed E-state index contributed by atoms with van der Waals surface area (Å²) in [6, 6.07) is 15.6. The number of aryl methyl sites for hydroxylation is 1. The van der Waals surface area contributed by atoms with Gasteiger partial charge < -0.3 is 14.5 Å². The minimum absolute atomic E-state index is 0.00643. The van der Waals surface area contributed by atoms with Gasteiger partial charge >= 0.3 is 0 Å². The number of carbonyl (C=O) groups excluding carboxylic acids is 2. The summed E-state index contributed by atoms with van der Waals surface area (Å²) >= 11 is 0. The molecule has 1 aliphatic rings. The van der Waals surface area contributed by atoms with E-state index in [1.807, 2.05) is 86.6 Å². The van der Waals surface area contributed by atoms with Crippen molar-refractivity contribution in [3.05, 3.63) is 76.4 Å². The third-order valence-corrected chi connectivity index (χ3v) is 5.31. The summed E-state index contributed by atoms with van der Waals surface area (Å²) in [6.45, 7) is 3.36. The van der Waals surface area contributed by atoms with Gasteiger partial charge in [-0.2, -0.15) is 0 Å². The first kappa shape index (κ1) is 22.5. The fraction of sp³-hybridized carbons (Fsp3) is 0.308. The Morgan fingerprint density at radius 1 is 0.968 bits per heavy atom. The van der Waals surface area contributed by atoms with Crippen LogP contribution in [0.15, 0.2) is 59.7 Å². The van der Waals surface area contributed by atoms with Crippen LogP contribution in [0.4, 0.5) is 0 Å². The molecule has 0 bridgehead atoms. The number of benzene rings is 2. The maximum absolute atomic E-state index is 13.3. The molecule has 2 aromatic carbocycles. The Kier molecular flexibility index (Phi) is 7.42. The second-order valence-corrected chi connectivity index (χ2v) is 8.16. The summed E-state index contributed by atoms with van der Waals surface area (Å²) in [4.78, 5) is 29.9. The summed E-state index contributed by atoms with van der Waals surface area (Å²) < 4.78 is 5.21. The molecule has 5 nitrogen and oxygen atoms in total.